The lowest BCUT2D eigenvalue weighted by Crippen LogP contribution is -2.16. The van der Waals surface area contributed by atoms with Gasteiger partial charge in [-0.15, -0.1) is 0 Å². The molecule has 1 aliphatic heterocycles. The van der Waals surface area contributed by atoms with Crippen molar-refractivity contribution in [3.63, 3.8) is 0 Å². The van der Waals surface area contributed by atoms with E-state index in [2.05, 4.69) is 20.9 Å². The third-order valence-corrected chi connectivity index (χ3v) is 3.55. The van der Waals surface area contributed by atoms with Crippen LogP contribution in [0.1, 0.15) is 16.2 Å². The fraction of sp³-hybridized carbons (Fsp3) is 0.154. The average molecular weight is 335 g/mol. The number of benzene rings is 1. The highest BCUT2D eigenvalue weighted by molar-refractivity contribution is 9.10. The number of fused-ring (bicyclic) bond motifs is 3. The van der Waals surface area contributed by atoms with Crippen molar-refractivity contribution < 1.29 is 14.3 Å². The number of rotatable bonds is 2. The summed E-state index contributed by atoms with van der Waals surface area (Å²) in [5.74, 6) is 0.373. The predicted molar refractivity (Wildman–Crippen MR) is 74.2 cm³/mol. The quantitative estimate of drug-likeness (QED) is 0.895. The molecule has 1 radical (unpaired) electrons. The molecule has 2 heterocycles. The van der Waals surface area contributed by atoms with Gasteiger partial charge in [0, 0.05) is 4.47 Å². The SMILES string of the molecule is NC(=O)c1nc2n(c1[C]=O)CCOc1ccc(Br)cc1-2. The minimum Gasteiger partial charge on any atom is -0.491 e. The van der Waals surface area contributed by atoms with Crippen LogP contribution in [0.25, 0.3) is 11.4 Å². The van der Waals surface area contributed by atoms with Gasteiger partial charge in [-0.25, -0.2) is 4.98 Å². The molecule has 0 aliphatic carbocycles. The van der Waals surface area contributed by atoms with Crippen molar-refractivity contribution in [3.05, 3.63) is 34.1 Å². The first-order valence-corrected chi connectivity index (χ1v) is 6.62. The molecule has 1 aliphatic rings. The number of halogens is 1. The molecule has 1 amide bonds. The van der Waals surface area contributed by atoms with Crippen molar-refractivity contribution in [2.24, 2.45) is 5.73 Å². The molecule has 0 spiro atoms. The second-order valence-corrected chi connectivity index (χ2v) is 5.16. The molecule has 0 unspecified atom stereocenters. The Kier molecular flexibility index (Phi) is 3.06. The maximum atomic E-state index is 11.4. The summed E-state index contributed by atoms with van der Waals surface area (Å²) in [4.78, 5) is 26.7. The van der Waals surface area contributed by atoms with Gasteiger partial charge in [-0.2, -0.15) is 0 Å². The largest absolute Gasteiger partial charge is 0.491 e. The second kappa shape index (κ2) is 4.75. The van der Waals surface area contributed by atoms with Crippen molar-refractivity contribution in [1.82, 2.24) is 9.55 Å². The Labute approximate surface area is 122 Å². The predicted octanol–water partition coefficient (Wildman–Crippen LogP) is 1.26. The average Bonchev–Trinajstić information content (AvgIpc) is 2.70. The molecule has 3 rings (SSSR count). The molecule has 20 heavy (non-hydrogen) atoms. The summed E-state index contributed by atoms with van der Waals surface area (Å²) in [6, 6.07) is 5.47. The fourth-order valence-corrected chi connectivity index (χ4v) is 2.56. The first-order valence-electron chi connectivity index (χ1n) is 5.83. The van der Waals surface area contributed by atoms with Crippen LogP contribution in [0.4, 0.5) is 0 Å². The van der Waals surface area contributed by atoms with E-state index in [1.54, 1.807) is 16.9 Å². The first-order chi connectivity index (χ1) is 9.61. The van der Waals surface area contributed by atoms with Crippen LogP contribution in [-0.2, 0) is 11.3 Å². The summed E-state index contributed by atoms with van der Waals surface area (Å²) >= 11 is 3.38. The number of nitrogens with zero attached hydrogens (tertiary/aromatic N) is 2. The van der Waals surface area contributed by atoms with E-state index in [1.165, 1.54) is 0 Å². The molecule has 1 aromatic heterocycles. The number of carbonyl (C=O) groups is 1. The van der Waals surface area contributed by atoms with E-state index >= 15 is 0 Å². The van der Waals surface area contributed by atoms with E-state index in [4.69, 9.17) is 10.5 Å². The van der Waals surface area contributed by atoms with Crippen LogP contribution in [-0.4, -0.2) is 28.4 Å². The Morgan fingerprint density at radius 1 is 1.50 bits per heavy atom. The zero-order valence-corrected chi connectivity index (χ0v) is 11.8. The van der Waals surface area contributed by atoms with Crippen LogP contribution < -0.4 is 10.5 Å². The monoisotopic (exact) mass is 334 g/mol. The molecule has 2 aromatic rings. The number of hydrogen-bond acceptors (Lipinski definition) is 4. The Morgan fingerprint density at radius 2 is 2.30 bits per heavy atom. The van der Waals surface area contributed by atoms with Crippen LogP contribution in [0.5, 0.6) is 5.75 Å². The molecule has 7 heteroatoms. The summed E-state index contributed by atoms with van der Waals surface area (Å²) in [7, 11) is 0. The fourth-order valence-electron chi connectivity index (χ4n) is 2.20. The van der Waals surface area contributed by atoms with Gasteiger partial charge in [-0.1, -0.05) is 15.9 Å². The molecule has 0 saturated carbocycles. The van der Waals surface area contributed by atoms with Gasteiger partial charge in [0.1, 0.15) is 23.9 Å². The van der Waals surface area contributed by atoms with Crippen molar-refractivity contribution in [2.45, 2.75) is 6.54 Å². The van der Waals surface area contributed by atoms with Crippen LogP contribution in [0, 0.1) is 0 Å². The second-order valence-electron chi connectivity index (χ2n) is 4.24. The zero-order valence-electron chi connectivity index (χ0n) is 10.2. The number of carbonyl (C=O) groups excluding carboxylic acids is 2. The molecule has 0 atom stereocenters. The van der Waals surface area contributed by atoms with Gasteiger partial charge < -0.3 is 15.0 Å². The standard InChI is InChI=1S/C13H9BrN3O3/c14-7-1-2-10-8(5-7)13-16-11(12(15)19)9(6-18)17(13)3-4-20-10/h1-2,5H,3-4H2,(H2,15,19). The number of imidazole rings is 1. The van der Waals surface area contributed by atoms with Crippen molar-refractivity contribution >= 4 is 28.1 Å². The molecule has 101 valence electrons. The Balaban J connectivity index is 2.31. The molecule has 2 N–H and O–H groups in total. The number of nitrogens with two attached hydrogens (primary N) is 1. The van der Waals surface area contributed by atoms with Crippen LogP contribution in [0.3, 0.4) is 0 Å². The number of amides is 1. The molecule has 0 bridgehead atoms. The van der Waals surface area contributed by atoms with Crippen molar-refractivity contribution in [1.29, 1.82) is 0 Å². The molecular weight excluding hydrogens is 326 g/mol. The Morgan fingerprint density at radius 3 is 3.00 bits per heavy atom. The zero-order chi connectivity index (χ0) is 14.3. The van der Waals surface area contributed by atoms with Crippen LogP contribution in [0.15, 0.2) is 22.7 Å². The van der Waals surface area contributed by atoms with Crippen LogP contribution in [0.2, 0.25) is 0 Å². The molecule has 0 saturated heterocycles. The highest BCUT2D eigenvalue weighted by Crippen LogP contribution is 2.35. The molecule has 6 nitrogen and oxygen atoms in total. The van der Waals surface area contributed by atoms with Crippen molar-refractivity contribution in [2.75, 3.05) is 6.61 Å². The molecular formula is C13H9BrN3O3. The summed E-state index contributed by atoms with van der Waals surface area (Å²) < 4.78 is 8.06. The first kappa shape index (κ1) is 12.9. The van der Waals surface area contributed by atoms with E-state index < -0.39 is 5.91 Å². The van der Waals surface area contributed by atoms with Gasteiger partial charge in [0.2, 0.25) is 0 Å². The van der Waals surface area contributed by atoms with E-state index in [-0.39, 0.29) is 11.4 Å². The van der Waals surface area contributed by atoms with E-state index in [0.29, 0.717) is 30.3 Å². The van der Waals surface area contributed by atoms with Crippen molar-refractivity contribution in [3.8, 4) is 17.1 Å². The van der Waals surface area contributed by atoms with Gasteiger partial charge in [0.15, 0.2) is 5.69 Å². The summed E-state index contributed by atoms with van der Waals surface area (Å²) in [6.45, 7) is 0.761. The van der Waals surface area contributed by atoms with Gasteiger partial charge >= 0.3 is 0 Å². The van der Waals surface area contributed by atoms with Gasteiger partial charge in [0.05, 0.1) is 12.1 Å². The maximum Gasteiger partial charge on any atom is 0.269 e. The van der Waals surface area contributed by atoms with Gasteiger partial charge in [0.25, 0.3) is 12.2 Å². The normalized spacial score (nSPS) is 12.8. The maximum absolute atomic E-state index is 11.4. The lowest BCUT2D eigenvalue weighted by Gasteiger charge is -2.05. The highest BCUT2D eigenvalue weighted by atomic mass is 79.9. The summed E-state index contributed by atoms with van der Waals surface area (Å²) in [5.41, 5.74) is 5.94. The third kappa shape index (κ3) is 1.90. The Hall–Kier alpha value is -2.15. The van der Waals surface area contributed by atoms with Crippen LogP contribution >= 0.6 is 15.9 Å². The minimum atomic E-state index is -0.749. The lowest BCUT2D eigenvalue weighted by atomic mass is 10.2. The highest BCUT2D eigenvalue weighted by Gasteiger charge is 2.25. The number of ether oxygens (including phenoxy) is 1. The summed E-state index contributed by atoms with van der Waals surface area (Å²) in [6.07, 6.45) is 1.74. The Bertz CT molecular complexity index is 724. The van der Waals surface area contributed by atoms with E-state index in [9.17, 15) is 9.59 Å². The topological polar surface area (TPSA) is 87.2 Å². The third-order valence-electron chi connectivity index (χ3n) is 3.05. The lowest BCUT2D eigenvalue weighted by molar-refractivity contribution is 0.0995. The van der Waals surface area contributed by atoms with Gasteiger partial charge in [-0.3, -0.25) is 9.59 Å². The van der Waals surface area contributed by atoms with E-state index in [1.807, 2.05) is 12.1 Å². The smallest absolute Gasteiger partial charge is 0.269 e. The molecule has 1 aromatic carbocycles. The summed E-state index contributed by atoms with van der Waals surface area (Å²) in [5, 5.41) is 0. The molecule has 0 fully saturated rings. The van der Waals surface area contributed by atoms with Gasteiger partial charge in [-0.05, 0) is 18.2 Å². The number of hydrogen-bond donors (Lipinski definition) is 1. The van der Waals surface area contributed by atoms with E-state index in [0.717, 1.165) is 4.47 Å². The minimum absolute atomic E-state index is 0.0592. The number of aromatic nitrogens is 2. The number of primary amides is 1.